The summed E-state index contributed by atoms with van der Waals surface area (Å²) < 4.78 is 0. The summed E-state index contributed by atoms with van der Waals surface area (Å²) in [5.41, 5.74) is 0. The summed E-state index contributed by atoms with van der Waals surface area (Å²) in [5.74, 6) is 5.14. The molecule has 0 spiro atoms. The normalized spacial score (nSPS) is 11.4. The number of nitrogens with two attached hydrogens (primary N) is 1. The molecular formula is C4H10N4. The lowest BCUT2D eigenvalue weighted by molar-refractivity contribution is 0.554. The van der Waals surface area contributed by atoms with Crippen LogP contribution in [0.25, 0.3) is 0 Å². The van der Waals surface area contributed by atoms with Crippen LogP contribution < -0.4 is 5.84 Å². The van der Waals surface area contributed by atoms with Gasteiger partial charge >= 0.3 is 0 Å². The second-order valence-electron chi connectivity index (χ2n) is 1.27. The molecule has 0 fully saturated rings. The van der Waals surface area contributed by atoms with Gasteiger partial charge < -0.3 is 5.01 Å². The Morgan fingerprint density at radius 3 is 2.50 bits per heavy atom. The van der Waals surface area contributed by atoms with E-state index in [9.17, 15) is 0 Å². The van der Waals surface area contributed by atoms with Crippen LogP contribution in [0.5, 0.6) is 0 Å². The fourth-order valence-corrected chi connectivity index (χ4v) is 0.178. The summed E-state index contributed by atoms with van der Waals surface area (Å²) in [6.45, 7) is 1.79. The minimum atomic E-state index is 1.33. The summed E-state index contributed by atoms with van der Waals surface area (Å²) in [6, 6.07) is 0. The summed E-state index contributed by atoms with van der Waals surface area (Å²) in [6.07, 6.45) is 3.00. The highest BCUT2D eigenvalue weighted by molar-refractivity contribution is 5.57. The van der Waals surface area contributed by atoms with Gasteiger partial charge in [-0.25, -0.2) is 5.84 Å². The zero-order chi connectivity index (χ0) is 6.41. The highest BCUT2D eigenvalue weighted by Gasteiger charge is 1.70. The lowest BCUT2D eigenvalue weighted by atomic mass is 10.9. The van der Waals surface area contributed by atoms with Crippen LogP contribution in [0, 0.1) is 0 Å². The first-order valence-electron chi connectivity index (χ1n) is 2.26. The number of nitrogens with zero attached hydrogens (tertiary/aromatic N) is 3. The maximum Gasteiger partial charge on any atom is 0.127 e. The van der Waals surface area contributed by atoms with Crippen LogP contribution in [0.4, 0.5) is 0 Å². The lowest BCUT2D eigenvalue weighted by Crippen LogP contribution is -2.23. The standard InChI is InChI=1S/C4H10N4/c1-3-6-7-4-8(2)5/h3-4H,5H2,1-2H3. The molecule has 0 radical (unpaired) electrons. The van der Waals surface area contributed by atoms with Crippen LogP contribution in [0.3, 0.4) is 0 Å². The summed E-state index contributed by atoms with van der Waals surface area (Å²) in [7, 11) is 1.68. The van der Waals surface area contributed by atoms with Gasteiger partial charge in [0.1, 0.15) is 6.34 Å². The van der Waals surface area contributed by atoms with Gasteiger partial charge in [-0.2, -0.15) is 5.10 Å². The van der Waals surface area contributed by atoms with Crippen LogP contribution in [0.2, 0.25) is 0 Å². The van der Waals surface area contributed by atoms with Crippen LogP contribution in [0.1, 0.15) is 6.92 Å². The molecule has 0 heterocycles. The quantitative estimate of drug-likeness (QED) is 0.234. The van der Waals surface area contributed by atoms with Crippen molar-refractivity contribution in [3.05, 3.63) is 0 Å². The van der Waals surface area contributed by atoms with Gasteiger partial charge in [-0.05, 0) is 6.92 Å². The molecule has 0 aromatic heterocycles. The fraction of sp³-hybridized carbons (Fsp3) is 0.500. The van der Waals surface area contributed by atoms with Gasteiger partial charge in [-0.15, -0.1) is 5.10 Å². The van der Waals surface area contributed by atoms with E-state index in [0.29, 0.717) is 0 Å². The molecule has 0 amide bonds. The number of rotatable bonds is 2. The smallest absolute Gasteiger partial charge is 0.127 e. The van der Waals surface area contributed by atoms with Crippen molar-refractivity contribution in [2.75, 3.05) is 7.05 Å². The Kier molecular flexibility index (Phi) is 3.78. The Bertz CT molecular complexity index is 94.2. The zero-order valence-corrected chi connectivity index (χ0v) is 5.07. The van der Waals surface area contributed by atoms with Crippen molar-refractivity contribution in [1.82, 2.24) is 5.01 Å². The van der Waals surface area contributed by atoms with E-state index in [-0.39, 0.29) is 0 Å². The van der Waals surface area contributed by atoms with E-state index >= 15 is 0 Å². The van der Waals surface area contributed by atoms with E-state index in [0.717, 1.165) is 0 Å². The van der Waals surface area contributed by atoms with Gasteiger partial charge in [0.15, 0.2) is 0 Å². The first-order valence-corrected chi connectivity index (χ1v) is 2.26. The van der Waals surface area contributed by atoms with Gasteiger partial charge in [0.25, 0.3) is 0 Å². The first kappa shape index (κ1) is 7.10. The van der Waals surface area contributed by atoms with Crippen LogP contribution in [0.15, 0.2) is 10.2 Å². The largest absolute Gasteiger partial charge is 0.303 e. The van der Waals surface area contributed by atoms with Crippen molar-refractivity contribution in [3.8, 4) is 0 Å². The minimum Gasteiger partial charge on any atom is -0.303 e. The predicted octanol–water partition coefficient (Wildman–Crippen LogP) is -0.174. The molecule has 0 aromatic carbocycles. The average molecular weight is 114 g/mol. The van der Waals surface area contributed by atoms with Crippen molar-refractivity contribution in [2.24, 2.45) is 16.0 Å². The highest BCUT2D eigenvalue weighted by Crippen LogP contribution is 1.65. The molecule has 0 unspecified atom stereocenters. The van der Waals surface area contributed by atoms with E-state index in [1.807, 2.05) is 0 Å². The molecule has 0 aromatic rings. The van der Waals surface area contributed by atoms with E-state index < -0.39 is 0 Å². The molecule has 8 heavy (non-hydrogen) atoms. The Morgan fingerprint density at radius 2 is 2.12 bits per heavy atom. The molecule has 46 valence electrons. The van der Waals surface area contributed by atoms with Gasteiger partial charge in [0.2, 0.25) is 0 Å². The molecule has 0 aliphatic carbocycles. The SMILES string of the molecule is CC=NN=CN(C)N. The molecule has 2 N–H and O–H groups in total. The molecule has 0 atom stereocenters. The molecule has 0 rings (SSSR count). The van der Waals surface area contributed by atoms with Gasteiger partial charge in [-0.3, -0.25) is 0 Å². The number of hydrogen-bond acceptors (Lipinski definition) is 3. The molecule has 4 heteroatoms. The molecule has 0 saturated heterocycles. The van der Waals surface area contributed by atoms with Crippen molar-refractivity contribution in [2.45, 2.75) is 6.92 Å². The summed E-state index contributed by atoms with van der Waals surface area (Å²) in [4.78, 5) is 0. The molecule has 0 bridgehead atoms. The third-order valence-corrected chi connectivity index (χ3v) is 0.416. The fourth-order valence-electron chi connectivity index (χ4n) is 0.178. The van der Waals surface area contributed by atoms with E-state index in [2.05, 4.69) is 10.2 Å². The van der Waals surface area contributed by atoms with Crippen molar-refractivity contribution in [1.29, 1.82) is 0 Å². The third-order valence-electron chi connectivity index (χ3n) is 0.416. The lowest BCUT2D eigenvalue weighted by Gasteiger charge is -1.98. The molecule has 0 saturated carbocycles. The van der Waals surface area contributed by atoms with Gasteiger partial charge in [-0.1, -0.05) is 0 Å². The van der Waals surface area contributed by atoms with Crippen LogP contribution in [-0.4, -0.2) is 24.6 Å². The zero-order valence-electron chi connectivity index (χ0n) is 5.07. The second-order valence-corrected chi connectivity index (χ2v) is 1.27. The predicted molar refractivity (Wildman–Crippen MR) is 34.6 cm³/mol. The van der Waals surface area contributed by atoms with Gasteiger partial charge in [0.05, 0.1) is 0 Å². The number of hydrogen-bond donors (Lipinski definition) is 1. The Balaban J connectivity index is 3.34. The third kappa shape index (κ3) is 5.10. The minimum absolute atomic E-state index is 1.33. The van der Waals surface area contributed by atoms with Crippen molar-refractivity contribution < 1.29 is 0 Å². The summed E-state index contributed by atoms with van der Waals surface area (Å²) >= 11 is 0. The van der Waals surface area contributed by atoms with Crippen LogP contribution in [-0.2, 0) is 0 Å². The Labute approximate surface area is 48.7 Å². The highest BCUT2D eigenvalue weighted by atomic mass is 15.4. The van der Waals surface area contributed by atoms with E-state index in [1.54, 1.807) is 20.2 Å². The number of hydrazine groups is 1. The molecule has 0 aliphatic heterocycles. The Hall–Kier alpha value is -0.900. The van der Waals surface area contributed by atoms with Crippen molar-refractivity contribution >= 4 is 12.6 Å². The van der Waals surface area contributed by atoms with Gasteiger partial charge in [0, 0.05) is 13.3 Å². The Morgan fingerprint density at radius 1 is 1.50 bits per heavy atom. The second kappa shape index (κ2) is 4.26. The maximum absolute atomic E-state index is 5.14. The van der Waals surface area contributed by atoms with E-state index in [1.165, 1.54) is 11.3 Å². The molecular weight excluding hydrogens is 104 g/mol. The van der Waals surface area contributed by atoms with Crippen LogP contribution >= 0.6 is 0 Å². The molecule has 4 nitrogen and oxygen atoms in total. The van der Waals surface area contributed by atoms with Crippen molar-refractivity contribution in [3.63, 3.8) is 0 Å². The average Bonchev–Trinajstić information content (AvgIpc) is 1.66. The molecule has 0 aliphatic rings. The first-order chi connectivity index (χ1) is 3.77. The monoisotopic (exact) mass is 114 g/mol. The maximum atomic E-state index is 5.14. The summed E-state index contributed by atoms with van der Waals surface area (Å²) in [5, 5.41) is 8.40. The van der Waals surface area contributed by atoms with E-state index in [4.69, 9.17) is 5.84 Å². The topological polar surface area (TPSA) is 54.0 Å².